The molecule has 2 atom stereocenters. The van der Waals surface area contributed by atoms with Crippen molar-refractivity contribution in [1.82, 2.24) is 10.3 Å². The van der Waals surface area contributed by atoms with E-state index in [1.807, 2.05) is 43.3 Å². The first kappa shape index (κ1) is 15.8. The van der Waals surface area contributed by atoms with E-state index in [0.29, 0.717) is 10.9 Å². The quantitative estimate of drug-likeness (QED) is 0.827. The fourth-order valence-electron chi connectivity index (χ4n) is 3.06. The normalized spacial score (nSPS) is 21.6. The molecule has 6 nitrogen and oxygen atoms in total. The Hall–Kier alpha value is -2.67. The molecule has 0 aliphatic carbocycles. The minimum atomic E-state index is -0.499. The number of para-hydroxylation sites is 1. The van der Waals surface area contributed by atoms with Crippen molar-refractivity contribution in [2.75, 3.05) is 11.1 Å². The number of anilines is 1. The summed E-state index contributed by atoms with van der Waals surface area (Å²) in [6.07, 6.45) is 1.43. The minimum absolute atomic E-state index is 0.0937. The van der Waals surface area contributed by atoms with Gasteiger partial charge in [-0.3, -0.25) is 4.79 Å². The first-order chi connectivity index (χ1) is 12.2. The predicted octanol–water partition coefficient (Wildman–Crippen LogP) is 3.38. The van der Waals surface area contributed by atoms with E-state index < -0.39 is 6.04 Å². The maximum Gasteiger partial charge on any atom is 0.255 e. The number of carbonyl (C=O) groups is 1. The molecule has 4 rings (SSSR count). The zero-order valence-corrected chi connectivity index (χ0v) is 14.5. The second-order valence-corrected chi connectivity index (χ2v) is 6.87. The average molecular weight is 354 g/mol. The van der Waals surface area contributed by atoms with Crippen LogP contribution in [0.1, 0.15) is 29.3 Å². The lowest BCUT2D eigenvalue weighted by atomic mass is 9.99. The Morgan fingerprint density at radius 3 is 2.96 bits per heavy atom. The standard InChI is InChI=1S/C18H18N4O2S/c1-3-10-25-18-20-17(23)15-12-6-4-5-7-13(12)19-16(22(15)21-18)14-9-8-11(2)24-14/h3-9,15-16,19H,1,10H2,2H3,(H,20,21,23)/t15-,16-/m0/s1. The number of carbonyl (C=O) groups excluding carboxylic acids is 1. The Kier molecular flexibility index (Phi) is 4.01. The molecule has 1 aromatic carbocycles. The number of aryl methyl sites for hydroxylation is 1. The van der Waals surface area contributed by atoms with Gasteiger partial charge in [0.1, 0.15) is 11.5 Å². The lowest BCUT2D eigenvalue weighted by Gasteiger charge is -2.42. The number of hydrogen-bond donors (Lipinski definition) is 2. The molecule has 0 bridgehead atoms. The van der Waals surface area contributed by atoms with Gasteiger partial charge in [0.2, 0.25) is 0 Å². The van der Waals surface area contributed by atoms with Crippen molar-refractivity contribution in [1.29, 1.82) is 0 Å². The van der Waals surface area contributed by atoms with E-state index in [4.69, 9.17) is 4.42 Å². The van der Waals surface area contributed by atoms with Gasteiger partial charge in [-0.25, -0.2) is 5.01 Å². The van der Waals surface area contributed by atoms with Gasteiger partial charge in [0.05, 0.1) is 0 Å². The van der Waals surface area contributed by atoms with E-state index >= 15 is 0 Å². The van der Waals surface area contributed by atoms with Crippen molar-refractivity contribution in [3.63, 3.8) is 0 Å². The average Bonchev–Trinajstić information content (AvgIpc) is 3.05. The molecular weight excluding hydrogens is 336 g/mol. The third-order valence-electron chi connectivity index (χ3n) is 4.13. The summed E-state index contributed by atoms with van der Waals surface area (Å²) < 4.78 is 5.81. The number of nitrogens with one attached hydrogen (secondary N) is 2. The molecule has 1 aromatic heterocycles. The van der Waals surface area contributed by atoms with Crippen molar-refractivity contribution >= 4 is 28.5 Å². The summed E-state index contributed by atoms with van der Waals surface area (Å²) in [4.78, 5) is 12.8. The summed E-state index contributed by atoms with van der Waals surface area (Å²) in [5, 5.41) is 13.3. The van der Waals surface area contributed by atoms with Gasteiger partial charge in [-0.05, 0) is 25.1 Å². The van der Waals surface area contributed by atoms with Gasteiger partial charge >= 0.3 is 0 Å². The van der Waals surface area contributed by atoms with Gasteiger partial charge in [-0.2, -0.15) is 0 Å². The van der Waals surface area contributed by atoms with Crippen LogP contribution in [0.2, 0.25) is 0 Å². The van der Waals surface area contributed by atoms with Gasteiger partial charge in [-0.1, -0.05) is 36.0 Å². The SMILES string of the molecule is C=CCSC1=NN2[C@@H](c3ccc(C)o3)Nc3ccccc3[C@H]2C(=O)N1. The van der Waals surface area contributed by atoms with Crippen LogP contribution in [0.25, 0.3) is 0 Å². The molecule has 0 radical (unpaired) electrons. The van der Waals surface area contributed by atoms with Crippen molar-refractivity contribution < 1.29 is 9.21 Å². The highest BCUT2D eigenvalue weighted by Gasteiger charge is 2.42. The molecule has 0 unspecified atom stereocenters. The summed E-state index contributed by atoms with van der Waals surface area (Å²) in [6.45, 7) is 5.61. The van der Waals surface area contributed by atoms with E-state index in [1.165, 1.54) is 11.8 Å². The van der Waals surface area contributed by atoms with E-state index in [2.05, 4.69) is 22.3 Å². The highest BCUT2D eigenvalue weighted by atomic mass is 32.2. The van der Waals surface area contributed by atoms with Crippen LogP contribution >= 0.6 is 11.8 Å². The van der Waals surface area contributed by atoms with Crippen LogP contribution in [-0.2, 0) is 4.79 Å². The molecule has 0 spiro atoms. The van der Waals surface area contributed by atoms with Gasteiger partial charge in [0, 0.05) is 17.0 Å². The van der Waals surface area contributed by atoms with Crippen molar-refractivity contribution in [2.45, 2.75) is 19.1 Å². The molecule has 2 aliphatic rings. The second kappa shape index (κ2) is 6.33. The van der Waals surface area contributed by atoms with Crippen LogP contribution in [0.5, 0.6) is 0 Å². The minimum Gasteiger partial charge on any atom is -0.462 e. The molecule has 0 saturated heterocycles. The van der Waals surface area contributed by atoms with E-state index in [0.717, 1.165) is 22.8 Å². The molecule has 0 fully saturated rings. The van der Waals surface area contributed by atoms with Gasteiger partial charge in [0.15, 0.2) is 17.4 Å². The zero-order chi connectivity index (χ0) is 17.4. The molecule has 2 aliphatic heterocycles. The number of furan rings is 1. The second-order valence-electron chi connectivity index (χ2n) is 5.86. The number of amidine groups is 1. The molecule has 0 saturated carbocycles. The zero-order valence-electron chi connectivity index (χ0n) is 13.7. The van der Waals surface area contributed by atoms with E-state index in [1.54, 1.807) is 11.1 Å². The number of hydrazone groups is 1. The molecular formula is C18H18N4O2S. The van der Waals surface area contributed by atoms with Crippen LogP contribution in [-0.4, -0.2) is 21.8 Å². The maximum absolute atomic E-state index is 12.8. The molecule has 25 heavy (non-hydrogen) atoms. The predicted molar refractivity (Wildman–Crippen MR) is 99.1 cm³/mol. The monoisotopic (exact) mass is 354 g/mol. The Balaban J connectivity index is 1.79. The van der Waals surface area contributed by atoms with Crippen molar-refractivity contribution in [2.24, 2.45) is 5.10 Å². The van der Waals surface area contributed by atoms with Crippen molar-refractivity contribution in [3.8, 4) is 0 Å². The van der Waals surface area contributed by atoms with Gasteiger partial charge < -0.3 is 15.1 Å². The highest BCUT2D eigenvalue weighted by Crippen LogP contribution is 2.42. The Bertz CT molecular complexity index is 860. The summed E-state index contributed by atoms with van der Waals surface area (Å²) >= 11 is 1.44. The lowest BCUT2D eigenvalue weighted by Crippen LogP contribution is -2.50. The number of thioether (sulfide) groups is 1. The first-order valence-corrected chi connectivity index (χ1v) is 8.99. The number of nitrogens with zero attached hydrogens (tertiary/aromatic N) is 2. The third kappa shape index (κ3) is 2.80. The smallest absolute Gasteiger partial charge is 0.255 e. The van der Waals surface area contributed by atoms with Crippen LogP contribution in [0.15, 0.2) is 58.6 Å². The Labute approximate surface area is 150 Å². The number of rotatable bonds is 3. The van der Waals surface area contributed by atoms with E-state index in [-0.39, 0.29) is 12.1 Å². The lowest BCUT2D eigenvalue weighted by molar-refractivity contribution is -0.127. The van der Waals surface area contributed by atoms with Crippen LogP contribution in [0, 0.1) is 6.92 Å². The summed E-state index contributed by atoms with van der Waals surface area (Å²) in [5.41, 5.74) is 1.81. The van der Waals surface area contributed by atoms with E-state index in [9.17, 15) is 4.79 Å². The molecule has 2 aromatic rings. The van der Waals surface area contributed by atoms with Crippen LogP contribution in [0.4, 0.5) is 5.69 Å². The summed E-state index contributed by atoms with van der Waals surface area (Å²) in [7, 11) is 0. The highest BCUT2D eigenvalue weighted by molar-refractivity contribution is 8.14. The molecule has 128 valence electrons. The molecule has 7 heteroatoms. The maximum atomic E-state index is 12.8. The van der Waals surface area contributed by atoms with Crippen LogP contribution < -0.4 is 10.6 Å². The number of hydrogen-bond acceptors (Lipinski definition) is 6. The number of benzene rings is 1. The summed E-state index contributed by atoms with van der Waals surface area (Å²) in [5.74, 6) is 2.12. The first-order valence-electron chi connectivity index (χ1n) is 8.00. The molecule has 2 N–H and O–H groups in total. The molecule has 3 heterocycles. The van der Waals surface area contributed by atoms with Crippen molar-refractivity contribution in [3.05, 3.63) is 66.1 Å². The number of amides is 1. The third-order valence-corrected chi connectivity index (χ3v) is 4.99. The fraction of sp³-hybridized carbons (Fsp3) is 0.222. The topological polar surface area (TPSA) is 69.9 Å². The van der Waals surface area contributed by atoms with Crippen LogP contribution in [0.3, 0.4) is 0 Å². The molecule has 1 amide bonds. The fourth-order valence-corrected chi connectivity index (χ4v) is 3.66. The Morgan fingerprint density at radius 1 is 1.36 bits per heavy atom. The number of fused-ring (bicyclic) bond motifs is 3. The Morgan fingerprint density at radius 2 is 2.20 bits per heavy atom. The van der Waals surface area contributed by atoms with Gasteiger partial charge in [-0.15, -0.1) is 11.7 Å². The van der Waals surface area contributed by atoms with Gasteiger partial charge in [0.25, 0.3) is 5.91 Å². The largest absolute Gasteiger partial charge is 0.462 e. The summed E-state index contributed by atoms with van der Waals surface area (Å²) in [6, 6.07) is 11.1.